The lowest BCUT2D eigenvalue weighted by molar-refractivity contribution is 0.414. The van der Waals surface area contributed by atoms with Crippen molar-refractivity contribution in [1.29, 1.82) is 0 Å². The van der Waals surface area contributed by atoms with Gasteiger partial charge < -0.3 is 9.47 Å². The zero-order valence-corrected chi connectivity index (χ0v) is 15.3. The molecule has 0 aliphatic heterocycles. The van der Waals surface area contributed by atoms with Gasteiger partial charge in [-0.3, -0.25) is 0 Å². The van der Waals surface area contributed by atoms with Crippen LogP contribution in [0.3, 0.4) is 0 Å². The SMILES string of the molecule is COc1ccc2c(c1)C=Cc1cc(OC)ccc1C2(C)c1ccccc1. The first-order valence-corrected chi connectivity index (χ1v) is 8.77. The van der Waals surface area contributed by atoms with Crippen molar-refractivity contribution in [3.63, 3.8) is 0 Å². The first kappa shape index (κ1) is 16.5. The van der Waals surface area contributed by atoms with Crippen molar-refractivity contribution < 1.29 is 9.47 Å². The summed E-state index contributed by atoms with van der Waals surface area (Å²) >= 11 is 0. The topological polar surface area (TPSA) is 18.5 Å². The molecule has 0 aromatic heterocycles. The first-order chi connectivity index (χ1) is 12.7. The Labute approximate surface area is 154 Å². The molecular formula is C24H22O2. The quantitative estimate of drug-likeness (QED) is 0.622. The fourth-order valence-corrected chi connectivity index (χ4v) is 3.93. The van der Waals surface area contributed by atoms with E-state index in [1.54, 1.807) is 14.2 Å². The standard InChI is InChI=1S/C24H22O2/c1-24(19-7-5-4-6-8-19)22-13-11-20(25-2)15-17(22)9-10-18-16-21(26-3)12-14-23(18)24/h4-16H,1-3H3. The van der Waals surface area contributed by atoms with Gasteiger partial charge in [-0.25, -0.2) is 0 Å². The number of ether oxygens (including phenoxy) is 2. The largest absolute Gasteiger partial charge is 0.497 e. The Morgan fingerprint density at radius 1 is 0.654 bits per heavy atom. The monoisotopic (exact) mass is 342 g/mol. The average Bonchev–Trinajstić information content (AvgIpc) is 2.83. The van der Waals surface area contributed by atoms with Crippen LogP contribution in [-0.4, -0.2) is 14.2 Å². The Balaban J connectivity index is 2.05. The van der Waals surface area contributed by atoms with Crippen LogP contribution in [0.2, 0.25) is 0 Å². The van der Waals surface area contributed by atoms with Gasteiger partial charge in [0.25, 0.3) is 0 Å². The van der Waals surface area contributed by atoms with Gasteiger partial charge in [0.2, 0.25) is 0 Å². The lowest BCUT2D eigenvalue weighted by atomic mass is 9.69. The maximum atomic E-state index is 5.45. The van der Waals surface area contributed by atoms with E-state index in [-0.39, 0.29) is 5.41 Å². The van der Waals surface area contributed by atoms with Gasteiger partial charge in [-0.15, -0.1) is 0 Å². The summed E-state index contributed by atoms with van der Waals surface area (Å²) in [4.78, 5) is 0. The zero-order valence-electron chi connectivity index (χ0n) is 15.3. The molecule has 0 heterocycles. The highest BCUT2D eigenvalue weighted by molar-refractivity contribution is 5.80. The normalized spacial score (nSPS) is 14.1. The number of fused-ring (bicyclic) bond motifs is 2. The summed E-state index contributed by atoms with van der Waals surface area (Å²) in [5, 5.41) is 0. The number of rotatable bonds is 3. The van der Waals surface area contributed by atoms with E-state index >= 15 is 0 Å². The van der Waals surface area contributed by atoms with Gasteiger partial charge in [-0.05, 0) is 59.0 Å². The van der Waals surface area contributed by atoms with Gasteiger partial charge in [-0.1, -0.05) is 54.6 Å². The van der Waals surface area contributed by atoms with Gasteiger partial charge in [-0.2, -0.15) is 0 Å². The van der Waals surface area contributed by atoms with E-state index in [9.17, 15) is 0 Å². The lowest BCUT2D eigenvalue weighted by Crippen LogP contribution is -2.26. The minimum absolute atomic E-state index is 0.270. The second kappa shape index (κ2) is 6.38. The lowest BCUT2D eigenvalue weighted by Gasteiger charge is -2.33. The molecule has 0 spiro atoms. The molecule has 0 fully saturated rings. The van der Waals surface area contributed by atoms with E-state index in [2.05, 4.69) is 73.7 Å². The molecule has 26 heavy (non-hydrogen) atoms. The molecule has 0 bridgehead atoms. The van der Waals surface area contributed by atoms with Crippen LogP contribution in [0.4, 0.5) is 0 Å². The van der Waals surface area contributed by atoms with Gasteiger partial charge in [0, 0.05) is 5.41 Å². The summed E-state index contributed by atoms with van der Waals surface area (Å²) in [6.07, 6.45) is 4.34. The molecule has 2 nitrogen and oxygen atoms in total. The molecular weight excluding hydrogens is 320 g/mol. The Morgan fingerprint density at radius 3 is 1.62 bits per heavy atom. The molecule has 3 aromatic carbocycles. The highest BCUT2D eigenvalue weighted by atomic mass is 16.5. The third-order valence-corrected chi connectivity index (χ3v) is 5.39. The van der Waals surface area contributed by atoms with Crippen molar-refractivity contribution in [2.24, 2.45) is 0 Å². The first-order valence-electron chi connectivity index (χ1n) is 8.77. The van der Waals surface area contributed by atoms with E-state index in [1.807, 2.05) is 12.1 Å². The molecule has 0 amide bonds. The number of hydrogen-bond donors (Lipinski definition) is 0. The average molecular weight is 342 g/mol. The minimum Gasteiger partial charge on any atom is -0.497 e. The van der Waals surface area contributed by atoms with E-state index in [1.165, 1.54) is 27.8 Å². The zero-order chi connectivity index (χ0) is 18.1. The number of hydrogen-bond acceptors (Lipinski definition) is 2. The van der Waals surface area contributed by atoms with Crippen LogP contribution in [0.1, 0.15) is 34.7 Å². The predicted molar refractivity (Wildman–Crippen MR) is 107 cm³/mol. The summed E-state index contributed by atoms with van der Waals surface area (Å²) < 4.78 is 10.9. The molecule has 0 atom stereocenters. The minimum atomic E-state index is -0.270. The van der Waals surface area contributed by atoms with Gasteiger partial charge in [0.15, 0.2) is 0 Å². The van der Waals surface area contributed by atoms with Crippen molar-refractivity contribution in [1.82, 2.24) is 0 Å². The van der Waals surface area contributed by atoms with Crippen LogP contribution in [0.5, 0.6) is 11.5 Å². The smallest absolute Gasteiger partial charge is 0.119 e. The van der Waals surface area contributed by atoms with Crippen molar-refractivity contribution in [2.45, 2.75) is 12.3 Å². The maximum Gasteiger partial charge on any atom is 0.119 e. The summed E-state index contributed by atoms with van der Waals surface area (Å²) in [5.41, 5.74) is 5.88. The van der Waals surface area contributed by atoms with E-state index in [0.717, 1.165) is 11.5 Å². The molecule has 2 heteroatoms. The molecule has 0 unspecified atom stereocenters. The third-order valence-electron chi connectivity index (χ3n) is 5.39. The molecule has 0 radical (unpaired) electrons. The molecule has 0 N–H and O–H groups in total. The van der Waals surface area contributed by atoms with Crippen molar-refractivity contribution >= 4 is 12.2 Å². The van der Waals surface area contributed by atoms with Crippen molar-refractivity contribution in [3.05, 3.63) is 94.5 Å². The molecule has 0 saturated heterocycles. The van der Waals surface area contributed by atoms with E-state index < -0.39 is 0 Å². The fraction of sp³-hybridized carbons (Fsp3) is 0.167. The highest BCUT2D eigenvalue weighted by Gasteiger charge is 2.35. The predicted octanol–water partition coefficient (Wildman–Crippen LogP) is 5.54. The fourth-order valence-electron chi connectivity index (χ4n) is 3.93. The molecule has 0 saturated carbocycles. The summed E-state index contributed by atoms with van der Waals surface area (Å²) in [5.74, 6) is 1.74. The van der Waals surface area contributed by atoms with E-state index in [4.69, 9.17) is 9.47 Å². The molecule has 1 aliphatic rings. The van der Waals surface area contributed by atoms with Gasteiger partial charge in [0.1, 0.15) is 11.5 Å². The summed E-state index contributed by atoms with van der Waals surface area (Å²) in [6, 6.07) is 23.3. The Morgan fingerprint density at radius 2 is 1.15 bits per heavy atom. The van der Waals surface area contributed by atoms with Crippen molar-refractivity contribution in [2.75, 3.05) is 14.2 Å². The van der Waals surface area contributed by atoms with Crippen LogP contribution in [0.15, 0.2) is 66.7 Å². The second-order valence-electron chi connectivity index (χ2n) is 6.73. The summed E-state index contributed by atoms with van der Waals surface area (Å²) in [7, 11) is 3.41. The number of benzene rings is 3. The third kappa shape index (κ3) is 2.50. The van der Waals surface area contributed by atoms with Crippen LogP contribution in [0, 0.1) is 0 Å². The highest BCUT2D eigenvalue weighted by Crippen LogP contribution is 2.45. The van der Waals surface area contributed by atoms with Crippen LogP contribution >= 0.6 is 0 Å². The van der Waals surface area contributed by atoms with Crippen LogP contribution in [0.25, 0.3) is 12.2 Å². The van der Waals surface area contributed by atoms with Gasteiger partial charge >= 0.3 is 0 Å². The Hall–Kier alpha value is -3.00. The number of methoxy groups -OCH3 is 2. The summed E-state index contributed by atoms with van der Waals surface area (Å²) in [6.45, 7) is 2.30. The Bertz CT molecular complexity index is 913. The molecule has 3 aromatic rings. The van der Waals surface area contributed by atoms with Crippen molar-refractivity contribution in [3.8, 4) is 11.5 Å². The molecule has 4 rings (SSSR count). The van der Waals surface area contributed by atoms with E-state index in [0.29, 0.717) is 0 Å². The molecule has 1 aliphatic carbocycles. The van der Waals surface area contributed by atoms with Crippen LogP contribution in [-0.2, 0) is 5.41 Å². The Kier molecular flexibility index (Phi) is 4.04. The second-order valence-corrected chi connectivity index (χ2v) is 6.73. The maximum absolute atomic E-state index is 5.45. The van der Waals surface area contributed by atoms with Gasteiger partial charge in [0.05, 0.1) is 14.2 Å². The molecule has 130 valence electrons. The van der Waals surface area contributed by atoms with Crippen LogP contribution < -0.4 is 9.47 Å².